The van der Waals surface area contributed by atoms with Crippen LogP contribution in [0.5, 0.6) is 5.88 Å². The second-order valence-corrected chi connectivity index (χ2v) is 10.9. The molecule has 1 unspecified atom stereocenters. The van der Waals surface area contributed by atoms with Crippen LogP contribution in [-0.2, 0) is 4.79 Å². The van der Waals surface area contributed by atoms with Crippen LogP contribution in [0, 0.1) is 23.2 Å². The zero-order valence-corrected chi connectivity index (χ0v) is 20.2. The summed E-state index contributed by atoms with van der Waals surface area (Å²) in [5, 5.41) is 21.0. The lowest BCUT2D eigenvalue weighted by atomic mass is 9.95. The number of piperazine rings is 1. The van der Waals surface area contributed by atoms with Crippen molar-refractivity contribution in [3.63, 3.8) is 0 Å². The van der Waals surface area contributed by atoms with Gasteiger partial charge in [-0.1, -0.05) is 12.1 Å². The number of amides is 1. The highest BCUT2D eigenvalue weighted by Gasteiger charge is 2.45. The highest BCUT2D eigenvalue weighted by Crippen LogP contribution is 2.47. The lowest BCUT2D eigenvalue weighted by Crippen LogP contribution is -2.57. The normalized spacial score (nSPS) is 22.0. The topological polar surface area (TPSA) is 93.3 Å². The van der Waals surface area contributed by atoms with E-state index in [4.69, 9.17) is 4.98 Å². The molecule has 3 aliphatic carbocycles. The van der Waals surface area contributed by atoms with E-state index in [-0.39, 0.29) is 17.8 Å². The number of pyridine rings is 2. The minimum absolute atomic E-state index is 0.00206. The zero-order valence-electron chi connectivity index (χ0n) is 20.2. The van der Waals surface area contributed by atoms with Crippen LogP contribution in [0.3, 0.4) is 0 Å². The molecular formula is C29H29N5O2. The number of fused-ring (bicyclic) bond motifs is 1. The summed E-state index contributed by atoms with van der Waals surface area (Å²) in [5.74, 6) is 2.31. The van der Waals surface area contributed by atoms with Crippen molar-refractivity contribution < 1.29 is 9.90 Å². The van der Waals surface area contributed by atoms with E-state index in [1.807, 2.05) is 24.3 Å². The van der Waals surface area contributed by atoms with Gasteiger partial charge in [-0.25, -0.2) is 9.97 Å². The number of benzene rings is 1. The van der Waals surface area contributed by atoms with E-state index in [9.17, 15) is 15.2 Å². The predicted octanol–water partition coefficient (Wildman–Crippen LogP) is 4.59. The standard InChI is InChI=1S/C29H29N5O2/c30-15-20-14-23(21-2-1-3-24-22(21)10-11-26(35)31-24)27(18-6-7-18)32-28(20)33-12-13-34(29(36)19-8-9-19)25(16-33)17-4-5-17/h1-3,10-11,14,17-19,25H,4-9,12-13,16H2,(H,31,35). The molecule has 4 aliphatic rings. The van der Waals surface area contributed by atoms with E-state index in [0.29, 0.717) is 36.4 Å². The third kappa shape index (κ3) is 3.76. The Labute approximate surface area is 210 Å². The molecule has 1 amide bonds. The van der Waals surface area contributed by atoms with Crippen molar-refractivity contribution in [1.29, 1.82) is 5.26 Å². The van der Waals surface area contributed by atoms with Crippen molar-refractivity contribution in [2.45, 2.75) is 50.5 Å². The smallest absolute Gasteiger partial charge is 0.226 e. The molecule has 3 aromatic rings. The maximum atomic E-state index is 13.0. The third-order valence-electron chi connectivity index (χ3n) is 8.22. The maximum Gasteiger partial charge on any atom is 0.226 e. The number of hydrogen-bond acceptors (Lipinski definition) is 6. The lowest BCUT2D eigenvalue weighted by Gasteiger charge is -2.43. The van der Waals surface area contributed by atoms with E-state index in [1.165, 1.54) is 12.8 Å². The number of carbonyl (C=O) groups is 1. The Morgan fingerprint density at radius 2 is 1.83 bits per heavy atom. The van der Waals surface area contributed by atoms with Gasteiger partial charge in [-0.2, -0.15) is 5.26 Å². The highest BCUT2D eigenvalue weighted by atomic mass is 16.3. The van der Waals surface area contributed by atoms with Crippen LogP contribution in [0.15, 0.2) is 36.4 Å². The Kier molecular flexibility index (Phi) is 4.92. The fourth-order valence-electron chi connectivity index (χ4n) is 5.83. The van der Waals surface area contributed by atoms with E-state index in [1.54, 1.807) is 6.07 Å². The largest absolute Gasteiger partial charge is 0.493 e. The number of anilines is 1. The first kappa shape index (κ1) is 21.6. The van der Waals surface area contributed by atoms with Crippen molar-refractivity contribution >= 4 is 22.6 Å². The third-order valence-corrected chi connectivity index (χ3v) is 8.22. The van der Waals surface area contributed by atoms with Gasteiger partial charge in [0.1, 0.15) is 11.9 Å². The van der Waals surface area contributed by atoms with E-state index in [2.05, 4.69) is 26.9 Å². The minimum atomic E-state index is -0.00206. The summed E-state index contributed by atoms with van der Waals surface area (Å²) in [6.07, 6.45) is 6.63. The molecule has 1 aliphatic heterocycles. The molecule has 7 heteroatoms. The molecule has 2 aromatic heterocycles. The molecule has 0 bridgehead atoms. The van der Waals surface area contributed by atoms with Gasteiger partial charge in [0.05, 0.1) is 22.8 Å². The average Bonchev–Trinajstić information content (AvgIpc) is 3.76. The molecule has 7 rings (SSSR count). The number of aromatic nitrogens is 2. The molecule has 1 aromatic carbocycles. The molecule has 36 heavy (non-hydrogen) atoms. The SMILES string of the molecule is N#Cc1cc(-c2cccc3nc(O)ccc23)c(C2CC2)nc1N1CCN(C(=O)C2CC2)C(C2CC2)C1. The van der Waals surface area contributed by atoms with E-state index in [0.717, 1.165) is 65.8 Å². The van der Waals surface area contributed by atoms with Gasteiger partial charge in [0.25, 0.3) is 0 Å². The summed E-state index contributed by atoms with van der Waals surface area (Å²) in [4.78, 5) is 26.9. The first-order valence-corrected chi connectivity index (χ1v) is 13.2. The molecule has 3 saturated carbocycles. The molecule has 1 N–H and O–H groups in total. The monoisotopic (exact) mass is 479 g/mol. The summed E-state index contributed by atoms with van der Waals surface area (Å²) >= 11 is 0. The number of nitrogens with zero attached hydrogens (tertiary/aromatic N) is 5. The van der Waals surface area contributed by atoms with Crippen LogP contribution in [0.2, 0.25) is 0 Å². The van der Waals surface area contributed by atoms with Crippen molar-refractivity contribution in [2.75, 3.05) is 24.5 Å². The number of nitriles is 1. The number of rotatable bonds is 5. The molecule has 3 heterocycles. The van der Waals surface area contributed by atoms with Crippen LogP contribution >= 0.6 is 0 Å². The van der Waals surface area contributed by atoms with Crippen molar-refractivity contribution in [3.05, 3.63) is 47.7 Å². The van der Waals surface area contributed by atoms with Gasteiger partial charge in [0.15, 0.2) is 0 Å². The van der Waals surface area contributed by atoms with Gasteiger partial charge in [0, 0.05) is 48.5 Å². The Hall–Kier alpha value is -3.66. The van der Waals surface area contributed by atoms with Gasteiger partial charge in [-0.15, -0.1) is 0 Å². The Balaban J connectivity index is 1.28. The average molecular weight is 480 g/mol. The molecule has 182 valence electrons. The fraction of sp³-hybridized carbons (Fsp3) is 0.448. The summed E-state index contributed by atoms with van der Waals surface area (Å²) in [7, 11) is 0. The zero-order chi connectivity index (χ0) is 24.4. The molecular weight excluding hydrogens is 450 g/mol. The lowest BCUT2D eigenvalue weighted by molar-refractivity contribution is -0.135. The van der Waals surface area contributed by atoms with Crippen molar-refractivity contribution in [2.24, 2.45) is 11.8 Å². The van der Waals surface area contributed by atoms with Crippen LogP contribution in [-0.4, -0.2) is 51.6 Å². The second-order valence-electron chi connectivity index (χ2n) is 10.9. The Bertz CT molecular complexity index is 1420. The van der Waals surface area contributed by atoms with Crippen LogP contribution in [0.1, 0.15) is 55.7 Å². The van der Waals surface area contributed by atoms with Gasteiger partial charge in [-0.3, -0.25) is 4.79 Å². The highest BCUT2D eigenvalue weighted by molar-refractivity contribution is 5.96. The van der Waals surface area contributed by atoms with E-state index >= 15 is 0 Å². The van der Waals surface area contributed by atoms with Crippen molar-refractivity contribution in [1.82, 2.24) is 14.9 Å². The van der Waals surface area contributed by atoms with Crippen LogP contribution in [0.4, 0.5) is 5.82 Å². The van der Waals surface area contributed by atoms with Gasteiger partial charge < -0.3 is 14.9 Å². The first-order valence-electron chi connectivity index (χ1n) is 13.2. The quantitative estimate of drug-likeness (QED) is 0.575. The van der Waals surface area contributed by atoms with Crippen LogP contribution < -0.4 is 4.90 Å². The van der Waals surface area contributed by atoms with E-state index < -0.39 is 0 Å². The fourth-order valence-corrected chi connectivity index (χ4v) is 5.83. The summed E-state index contributed by atoms with van der Waals surface area (Å²) in [5.41, 5.74) is 4.32. The van der Waals surface area contributed by atoms with Gasteiger partial charge in [0.2, 0.25) is 11.8 Å². The number of aromatic hydroxyl groups is 1. The Morgan fingerprint density at radius 1 is 1.00 bits per heavy atom. The van der Waals surface area contributed by atoms with Crippen LogP contribution in [0.25, 0.3) is 22.0 Å². The Morgan fingerprint density at radius 3 is 2.56 bits per heavy atom. The van der Waals surface area contributed by atoms with Crippen molar-refractivity contribution in [3.8, 4) is 23.1 Å². The number of carbonyl (C=O) groups excluding carboxylic acids is 1. The maximum absolute atomic E-state index is 13.0. The molecule has 0 spiro atoms. The van der Waals surface area contributed by atoms with Gasteiger partial charge >= 0.3 is 0 Å². The number of hydrogen-bond donors (Lipinski definition) is 1. The molecule has 1 saturated heterocycles. The molecule has 0 radical (unpaired) electrons. The predicted molar refractivity (Wildman–Crippen MR) is 136 cm³/mol. The first-order chi connectivity index (χ1) is 17.6. The minimum Gasteiger partial charge on any atom is -0.493 e. The molecule has 4 fully saturated rings. The molecule has 1 atom stereocenters. The summed E-state index contributed by atoms with van der Waals surface area (Å²) < 4.78 is 0. The van der Waals surface area contributed by atoms with Gasteiger partial charge in [-0.05, 0) is 68.2 Å². The summed E-state index contributed by atoms with van der Waals surface area (Å²) in [6, 6.07) is 14.0. The summed E-state index contributed by atoms with van der Waals surface area (Å²) in [6.45, 7) is 2.18. The molecule has 7 nitrogen and oxygen atoms in total. The second kappa shape index (κ2) is 8.19.